The number of carbonyl (C=O) groups is 1. The van der Waals surface area contributed by atoms with Crippen molar-refractivity contribution in [2.75, 3.05) is 6.54 Å². The van der Waals surface area contributed by atoms with Gasteiger partial charge >= 0.3 is 0 Å². The Morgan fingerprint density at radius 2 is 1.77 bits per heavy atom. The summed E-state index contributed by atoms with van der Waals surface area (Å²) in [6.45, 7) is 7.37. The largest absolute Gasteiger partial charge is 0.334 e. The summed E-state index contributed by atoms with van der Waals surface area (Å²) in [5.74, 6) is 2.60. The first kappa shape index (κ1) is 14.3. The Hall–Kier alpha value is -1.32. The smallest absolute Gasteiger partial charge is 0.274 e. The Bertz CT molecular complexity index is 571. The maximum Gasteiger partial charge on any atom is 0.274 e. The van der Waals surface area contributed by atoms with E-state index in [-0.39, 0.29) is 11.3 Å². The number of nitrogens with one attached hydrogen (secondary N) is 1. The Labute approximate surface area is 132 Å². The summed E-state index contributed by atoms with van der Waals surface area (Å²) in [7, 11) is 0. The molecule has 1 N–H and O–H groups in total. The minimum atomic E-state index is 0.00182. The molecule has 4 fully saturated rings. The van der Waals surface area contributed by atoms with E-state index in [0.717, 1.165) is 30.0 Å². The fourth-order valence-corrected chi connectivity index (χ4v) is 5.00. The van der Waals surface area contributed by atoms with E-state index in [1.54, 1.807) is 0 Å². The van der Waals surface area contributed by atoms with Crippen LogP contribution in [0.3, 0.4) is 0 Å². The van der Waals surface area contributed by atoms with Gasteiger partial charge in [0.25, 0.3) is 5.91 Å². The van der Waals surface area contributed by atoms with Gasteiger partial charge in [0.1, 0.15) is 5.69 Å². The van der Waals surface area contributed by atoms with Gasteiger partial charge in [-0.15, -0.1) is 0 Å². The van der Waals surface area contributed by atoms with Crippen molar-refractivity contribution in [3.05, 3.63) is 17.5 Å². The van der Waals surface area contributed by atoms with Gasteiger partial charge in [0, 0.05) is 23.7 Å². The third kappa shape index (κ3) is 2.37. The number of carbonyl (C=O) groups excluding carboxylic acids is 1. The highest BCUT2D eigenvalue weighted by molar-refractivity contribution is 5.92. The molecule has 1 amide bonds. The van der Waals surface area contributed by atoms with Crippen LogP contribution in [0.25, 0.3) is 0 Å². The molecule has 120 valence electrons. The van der Waals surface area contributed by atoms with Crippen molar-refractivity contribution in [2.24, 2.45) is 17.8 Å². The molecular weight excluding hydrogens is 274 g/mol. The van der Waals surface area contributed by atoms with Gasteiger partial charge in [0.2, 0.25) is 0 Å². The molecule has 0 aromatic carbocycles. The topological polar surface area (TPSA) is 49.0 Å². The number of fused-ring (bicyclic) bond motifs is 1. The van der Waals surface area contributed by atoms with Gasteiger partial charge in [0.05, 0.1) is 0 Å². The van der Waals surface area contributed by atoms with Crippen molar-refractivity contribution in [3.8, 4) is 0 Å². The minimum Gasteiger partial charge on any atom is -0.334 e. The summed E-state index contributed by atoms with van der Waals surface area (Å²) in [5.41, 5.74) is 1.64. The van der Waals surface area contributed by atoms with Crippen molar-refractivity contribution in [3.63, 3.8) is 0 Å². The third-order valence-electron chi connectivity index (χ3n) is 5.97. The SMILES string of the molecule is CC(C)(C)c1cc(C(=O)N2CC3CC4CC(C3)CC2C4)n[nH]1. The minimum absolute atomic E-state index is 0.00182. The van der Waals surface area contributed by atoms with Crippen molar-refractivity contribution < 1.29 is 4.79 Å². The molecule has 0 spiro atoms. The highest BCUT2D eigenvalue weighted by atomic mass is 16.2. The fourth-order valence-electron chi connectivity index (χ4n) is 5.00. The highest BCUT2D eigenvalue weighted by Gasteiger charge is 2.44. The van der Waals surface area contributed by atoms with Crippen LogP contribution in [0.5, 0.6) is 0 Å². The van der Waals surface area contributed by atoms with Gasteiger partial charge < -0.3 is 4.90 Å². The molecule has 0 radical (unpaired) electrons. The Balaban J connectivity index is 1.59. The first-order chi connectivity index (χ1) is 10.4. The van der Waals surface area contributed by atoms with Crippen molar-refractivity contribution in [1.82, 2.24) is 15.1 Å². The van der Waals surface area contributed by atoms with Gasteiger partial charge in [-0.1, -0.05) is 20.8 Å². The number of H-pyrrole nitrogens is 1. The van der Waals surface area contributed by atoms with Crippen molar-refractivity contribution in [2.45, 2.75) is 64.3 Å². The molecule has 2 unspecified atom stereocenters. The number of hydrogen-bond acceptors (Lipinski definition) is 2. The van der Waals surface area contributed by atoms with Crippen LogP contribution in [0.4, 0.5) is 0 Å². The maximum atomic E-state index is 13.0. The summed E-state index contributed by atoms with van der Waals surface area (Å²) >= 11 is 0. The van der Waals surface area contributed by atoms with Crippen LogP contribution in [-0.2, 0) is 5.41 Å². The van der Waals surface area contributed by atoms with Crippen molar-refractivity contribution in [1.29, 1.82) is 0 Å². The van der Waals surface area contributed by atoms with E-state index in [1.807, 2.05) is 6.07 Å². The average Bonchev–Trinajstić information content (AvgIpc) is 2.85. The summed E-state index contributed by atoms with van der Waals surface area (Å²) in [6.07, 6.45) is 6.52. The summed E-state index contributed by atoms with van der Waals surface area (Å²) < 4.78 is 0. The molecule has 3 heterocycles. The zero-order chi connectivity index (χ0) is 15.5. The number of hydrogen-bond donors (Lipinski definition) is 1. The second-order valence-electron chi connectivity index (χ2n) is 8.80. The van der Waals surface area contributed by atoms with Crippen LogP contribution in [0.2, 0.25) is 0 Å². The van der Waals surface area contributed by atoms with E-state index in [4.69, 9.17) is 0 Å². The number of nitrogens with zero attached hydrogens (tertiary/aromatic N) is 2. The van der Waals surface area contributed by atoms with Gasteiger partial charge in [-0.3, -0.25) is 9.89 Å². The van der Waals surface area contributed by atoms with E-state index in [0.29, 0.717) is 11.7 Å². The van der Waals surface area contributed by atoms with Crippen LogP contribution in [0.15, 0.2) is 6.07 Å². The Kier molecular flexibility index (Phi) is 3.14. The second-order valence-corrected chi connectivity index (χ2v) is 8.80. The van der Waals surface area contributed by atoms with Gasteiger partial charge in [-0.2, -0.15) is 5.10 Å². The summed E-state index contributed by atoms with van der Waals surface area (Å²) in [6, 6.07) is 2.41. The molecule has 2 saturated carbocycles. The molecule has 4 nitrogen and oxygen atoms in total. The van der Waals surface area contributed by atoms with Crippen LogP contribution in [0, 0.1) is 17.8 Å². The second kappa shape index (κ2) is 4.84. The van der Waals surface area contributed by atoms with Gasteiger partial charge in [0.15, 0.2) is 0 Å². The molecule has 2 aliphatic carbocycles. The lowest BCUT2D eigenvalue weighted by Crippen LogP contribution is -2.42. The molecule has 2 aliphatic heterocycles. The Morgan fingerprint density at radius 1 is 1.14 bits per heavy atom. The quantitative estimate of drug-likeness (QED) is 0.864. The number of aromatic amines is 1. The van der Waals surface area contributed by atoms with Crippen molar-refractivity contribution >= 4 is 5.91 Å². The van der Waals surface area contributed by atoms with Crippen LogP contribution >= 0.6 is 0 Å². The van der Waals surface area contributed by atoms with E-state index >= 15 is 0 Å². The first-order valence-corrected chi connectivity index (χ1v) is 8.77. The molecule has 4 heteroatoms. The molecule has 1 aromatic heterocycles. The predicted molar refractivity (Wildman–Crippen MR) is 85.7 cm³/mol. The van der Waals surface area contributed by atoms with Crippen LogP contribution in [-0.4, -0.2) is 33.6 Å². The number of rotatable bonds is 1. The predicted octanol–water partition coefficient (Wildman–Crippen LogP) is 3.36. The lowest BCUT2D eigenvalue weighted by atomic mass is 9.68. The van der Waals surface area contributed by atoms with E-state index in [9.17, 15) is 4.79 Å². The monoisotopic (exact) mass is 301 g/mol. The molecule has 2 saturated heterocycles. The standard InChI is InChI=1S/C18H27N3O/c1-18(2,3)16-9-15(19-20-16)17(22)21-10-13-5-11-4-12(6-13)8-14(21)7-11/h9,11-14H,4-8,10H2,1-3H3,(H,19,20). The maximum absolute atomic E-state index is 13.0. The normalized spacial score (nSPS) is 34.0. The molecular formula is C18H27N3O. The fraction of sp³-hybridized carbons (Fsp3) is 0.778. The molecule has 2 atom stereocenters. The van der Waals surface area contributed by atoms with E-state index in [2.05, 4.69) is 35.9 Å². The van der Waals surface area contributed by atoms with Crippen LogP contribution < -0.4 is 0 Å². The Morgan fingerprint density at radius 3 is 2.36 bits per heavy atom. The molecule has 5 rings (SSSR count). The van der Waals surface area contributed by atoms with Crippen LogP contribution in [0.1, 0.15) is 69.1 Å². The highest BCUT2D eigenvalue weighted by Crippen LogP contribution is 2.47. The van der Waals surface area contributed by atoms with Gasteiger partial charge in [-0.25, -0.2) is 0 Å². The van der Waals surface area contributed by atoms with E-state index < -0.39 is 0 Å². The molecule has 22 heavy (non-hydrogen) atoms. The summed E-state index contributed by atoms with van der Waals surface area (Å²) in [5, 5.41) is 7.38. The van der Waals surface area contributed by atoms with Gasteiger partial charge in [-0.05, 0) is 55.9 Å². The first-order valence-electron chi connectivity index (χ1n) is 8.77. The lowest BCUT2D eigenvalue weighted by molar-refractivity contribution is 0.0626. The average molecular weight is 301 g/mol. The molecule has 4 aliphatic rings. The zero-order valence-corrected chi connectivity index (χ0v) is 13.9. The summed E-state index contributed by atoms with van der Waals surface area (Å²) in [4.78, 5) is 15.2. The lowest BCUT2D eigenvalue weighted by Gasteiger charge is -2.38. The molecule has 4 bridgehead atoms. The number of aromatic nitrogens is 2. The van der Waals surface area contributed by atoms with E-state index in [1.165, 1.54) is 32.1 Å². The zero-order valence-electron chi connectivity index (χ0n) is 13.9. The third-order valence-corrected chi connectivity index (χ3v) is 5.97. The molecule has 1 aromatic rings. The number of amides is 1.